The summed E-state index contributed by atoms with van der Waals surface area (Å²) >= 11 is 0. The van der Waals surface area contributed by atoms with Crippen molar-refractivity contribution in [2.45, 2.75) is 110 Å². The lowest BCUT2D eigenvalue weighted by molar-refractivity contribution is 0.0596. The van der Waals surface area contributed by atoms with Crippen molar-refractivity contribution in [3.05, 3.63) is 35.5 Å². The topological polar surface area (TPSA) is 60.7 Å². The van der Waals surface area contributed by atoms with Crippen molar-refractivity contribution in [2.24, 2.45) is 29.1 Å². The highest BCUT2D eigenvalue weighted by molar-refractivity contribution is 5.31. The first-order valence-electron chi connectivity index (χ1n) is 12.6. The maximum atomic E-state index is 10.4. The van der Waals surface area contributed by atoms with Gasteiger partial charge in [0.1, 0.15) is 0 Å². The molecule has 3 heteroatoms. The summed E-state index contributed by atoms with van der Waals surface area (Å²) in [6.45, 7) is 14.7. The number of aliphatic hydroxyl groups excluding tert-OH is 2. The van der Waals surface area contributed by atoms with Gasteiger partial charge in [-0.3, -0.25) is 0 Å². The van der Waals surface area contributed by atoms with E-state index in [-0.39, 0.29) is 5.92 Å². The van der Waals surface area contributed by atoms with Crippen LogP contribution in [-0.2, 0) is 0 Å². The summed E-state index contributed by atoms with van der Waals surface area (Å²) in [7, 11) is 0. The number of hydrogen-bond donors (Lipinski definition) is 3. The first-order chi connectivity index (χ1) is 14.4. The van der Waals surface area contributed by atoms with E-state index >= 15 is 0 Å². The van der Waals surface area contributed by atoms with Crippen molar-refractivity contribution in [1.29, 1.82) is 0 Å². The molecule has 176 valence electrons. The van der Waals surface area contributed by atoms with Crippen LogP contribution in [-0.4, -0.2) is 33.1 Å². The molecule has 0 aliphatic heterocycles. The predicted molar refractivity (Wildman–Crippen MR) is 129 cm³/mol. The molecular weight excluding hydrogens is 384 g/mol. The Labute approximate surface area is 190 Å². The number of fused-ring (bicyclic) bond motifs is 1. The first-order valence-corrected chi connectivity index (χ1v) is 12.6. The van der Waals surface area contributed by atoms with Crippen LogP contribution in [0, 0.1) is 29.1 Å². The van der Waals surface area contributed by atoms with Crippen molar-refractivity contribution in [3.8, 4) is 0 Å². The lowest BCUT2D eigenvalue weighted by Crippen LogP contribution is -2.36. The highest BCUT2D eigenvalue weighted by Crippen LogP contribution is 2.60. The molecule has 3 nitrogen and oxygen atoms in total. The Kier molecular flexibility index (Phi) is 7.61. The summed E-state index contributed by atoms with van der Waals surface area (Å²) in [5.74, 6) is 2.14. The third-order valence-corrected chi connectivity index (χ3v) is 8.98. The Hall–Kier alpha value is -0.900. The fourth-order valence-corrected chi connectivity index (χ4v) is 6.97. The van der Waals surface area contributed by atoms with Crippen LogP contribution in [0.4, 0.5) is 0 Å². The minimum atomic E-state index is -0.648. The third-order valence-electron chi connectivity index (χ3n) is 8.98. The summed E-state index contributed by atoms with van der Waals surface area (Å²) in [5.41, 5.74) is 3.09. The minimum absolute atomic E-state index is 0.0230. The van der Waals surface area contributed by atoms with E-state index in [1.165, 1.54) is 38.5 Å². The van der Waals surface area contributed by atoms with E-state index in [0.29, 0.717) is 29.2 Å². The molecule has 0 saturated heterocycles. The van der Waals surface area contributed by atoms with E-state index in [4.69, 9.17) is 0 Å². The summed E-state index contributed by atoms with van der Waals surface area (Å²) < 4.78 is 0. The molecule has 3 aliphatic rings. The molecule has 31 heavy (non-hydrogen) atoms. The summed E-state index contributed by atoms with van der Waals surface area (Å²) in [4.78, 5) is 0. The van der Waals surface area contributed by atoms with Gasteiger partial charge in [-0.1, -0.05) is 63.5 Å². The van der Waals surface area contributed by atoms with Crippen LogP contribution in [0.15, 0.2) is 35.5 Å². The second-order valence-corrected chi connectivity index (χ2v) is 11.8. The zero-order valence-corrected chi connectivity index (χ0v) is 20.5. The second kappa shape index (κ2) is 9.53. The number of rotatable bonds is 6. The van der Waals surface area contributed by atoms with Gasteiger partial charge in [0, 0.05) is 5.92 Å². The van der Waals surface area contributed by atoms with Crippen LogP contribution < -0.4 is 0 Å². The van der Waals surface area contributed by atoms with E-state index in [0.717, 1.165) is 24.3 Å². The first kappa shape index (κ1) is 24.7. The van der Waals surface area contributed by atoms with Crippen molar-refractivity contribution in [2.75, 3.05) is 0 Å². The largest absolute Gasteiger partial charge is 0.390 e. The van der Waals surface area contributed by atoms with Crippen LogP contribution >= 0.6 is 0 Å². The maximum absolute atomic E-state index is 10.4. The molecule has 0 aromatic rings. The van der Waals surface area contributed by atoms with E-state index < -0.39 is 17.8 Å². The van der Waals surface area contributed by atoms with E-state index in [9.17, 15) is 15.3 Å². The fourth-order valence-electron chi connectivity index (χ4n) is 6.97. The van der Waals surface area contributed by atoms with Gasteiger partial charge >= 0.3 is 0 Å². The van der Waals surface area contributed by atoms with E-state index in [1.807, 2.05) is 20.8 Å². The Bertz CT molecular complexity index is 712. The van der Waals surface area contributed by atoms with Gasteiger partial charge in [0.15, 0.2) is 0 Å². The average molecular weight is 431 g/mol. The Balaban J connectivity index is 1.71. The smallest absolute Gasteiger partial charge is 0.0835 e. The van der Waals surface area contributed by atoms with Crippen molar-refractivity contribution in [3.63, 3.8) is 0 Å². The molecular formula is C28H46O3. The molecule has 0 heterocycles. The SMILES string of the molecule is C=C1[C@H](O)C/C(=C/C=C2\CCC[C@]3(C)[C@@H]([C@@H](C)CCCC(C)(C)O)CC[C@@H]23)C(C)[C@H]1O. The van der Waals surface area contributed by atoms with Crippen molar-refractivity contribution in [1.82, 2.24) is 0 Å². The molecule has 1 unspecified atom stereocenters. The highest BCUT2D eigenvalue weighted by Gasteiger charge is 2.50. The number of hydrogen-bond acceptors (Lipinski definition) is 3. The summed E-state index contributed by atoms with van der Waals surface area (Å²) in [6, 6.07) is 0. The van der Waals surface area contributed by atoms with Gasteiger partial charge in [0.2, 0.25) is 0 Å². The van der Waals surface area contributed by atoms with Crippen LogP contribution in [0.25, 0.3) is 0 Å². The van der Waals surface area contributed by atoms with Gasteiger partial charge in [-0.05, 0) is 87.5 Å². The average Bonchev–Trinajstić information content (AvgIpc) is 3.04. The molecule has 3 aliphatic carbocycles. The summed E-state index contributed by atoms with van der Waals surface area (Å²) in [5, 5.41) is 30.7. The summed E-state index contributed by atoms with van der Waals surface area (Å²) in [6.07, 6.45) is 13.4. The standard InChI is InChI=1S/C28H46O3/c1-18(9-7-15-27(4,5)31)23-13-14-24-21(10-8-16-28(23,24)6)11-12-22-17-25(29)20(3)26(30)19(22)2/h11-12,18-19,23-26,29-31H,3,7-10,13-17H2,1-2,4-6H3/b21-11+,22-12-/t18-,19?,23+,24-,25+,26+,28+/m0/s1. The minimum Gasteiger partial charge on any atom is -0.390 e. The van der Waals surface area contributed by atoms with Crippen LogP contribution in [0.3, 0.4) is 0 Å². The molecule has 3 saturated carbocycles. The van der Waals surface area contributed by atoms with Gasteiger partial charge in [-0.2, -0.15) is 0 Å². The van der Waals surface area contributed by atoms with Gasteiger partial charge in [0.25, 0.3) is 0 Å². The molecule has 0 aromatic carbocycles. The molecule has 7 atom stereocenters. The van der Waals surface area contributed by atoms with Crippen molar-refractivity contribution >= 4 is 0 Å². The van der Waals surface area contributed by atoms with Gasteiger partial charge in [-0.25, -0.2) is 0 Å². The fraction of sp³-hybridized carbons (Fsp3) is 0.786. The molecule has 0 amide bonds. The van der Waals surface area contributed by atoms with Gasteiger partial charge < -0.3 is 15.3 Å². The molecule has 3 fully saturated rings. The van der Waals surface area contributed by atoms with Crippen LogP contribution in [0.1, 0.15) is 92.4 Å². The maximum Gasteiger partial charge on any atom is 0.0835 e. The normalized spacial score (nSPS) is 40.4. The zero-order valence-electron chi connectivity index (χ0n) is 20.5. The molecule has 3 rings (SSSR count). The monoisotopic (exact) mass is 430 g/mol. The Morgan fingerprint density at radius 3 is 2.55 bits per heavy atom. The lowest BCUT2D eigenvalue weighted by Gasteiger charge is -2.44. The van der Waals surface area contributed by atoms with Gasteiger partial charge in [0.05, 0.1) is 17.8 Å². The van der Waals surface area contributed by atoms with Crippen molar-refractivity contribution < 1.29 is 15.3 Å². The van der Waals surface area contributed by atoms with Gasteiger partial charge in [-0.15, -0.1) is 0 Å². The zero-order chi connectivity index (χ0) is 23.0. The predicted octanol–water partition coefficient (Wildman–Crippen LogP) is 5.95. The third kappa shape index (κ3) is 5.37. The highest BCUT2D eigenvalue weighted by atomic mass is 16.3. The Morgan fingerprint density at radius 2 is 1.87 bits per heavy atom. The number of allylic oxidation sites excluding steroid dienone is 3. The molecule has 0 bridgehead atoms. The molecule has 0 aromatic heterocycles. The quantitative estimate of drug-likeness (QED) is 0.456. The van der Waals surface area contributed by atoms with E-state index in [2.05, 4.69) is 32.6 Å². The second-order valence-electron chi connectivity index (χ2n) is 11.8. The van der Waals surface area contributed by atoms with Crippen LogP contribution in [0.2, 0.25) is 0 Å². The molecule has 0 radical (unpaired) electrons. The molecule has 3 N–H and O–H groups in total. The number of aliphatic hydroxyl groups is 3. The van der Waals surface area contributed by atoms with Crippen LogP contribution in [0.5, 0.6) is 0 Å². The Morgan fingerprint density at radius 1 is 1.19 bits per heavy atom. The van der Waals surface area contributed by atoms with E-state index in [1.54, 1.807) is 5.57 Å². The molecule has 0 spiro atoms. The lowest BCUT2D eigenvalue weighted by atomic mass is 9.60.